The summed E-state index contributed by atoms with van der Waals surface area (Å²) in [6.45, 7) is 4.49. The van der Waals surface area contributed by atoms with Crippen LogP contribution in [0.2, 0.25) is 0 Å². The van der Waals surface area contributed by atoms with Crippen LogP contribution in [0.3, 0.4) is 0 Å². The molecule has 0 spiro atoms. The van der Waals surface area contributed by atoms with Crippen molar-refractivity contribution in [3.63, 3.8) is 0 Å². The Morgan fingerprint density at radius 3 is 2.70 bits per heavy atom. The number of hydrogen-bond donors (Lipinski definition) is 0. The molecule has 1 aliphatic heterocycles. The van der Waals surface area contributed by atoms with Gasteiger partial charge in [-0.2, -0.15) is 4.31 Å². The fraction of sp³-hybridized carbons (Fsp3) is 0.333. The van der Waals surface area contributed by atoms with Crippen LogP contribution in [-0.2, 0) is 23.1 Å². The van der Waals surface area contributed by atoms with Crippen molar-refractivity contribution < 1.29 is 12.9 Å². The van der Waals surface area contributed by atoms with E-state index in [1.165, 1.54) is 4.31 Å². The van der Waals surface area contributed by atoms with Crippen LogP contribution in [-0.4, -0.2) is 34.0 Å². The summed E-state index contributed by atoms with van der Waals surface area (Å²) in [6.07, 6.45) is 0. The van der Waals surface area contributed by atoms with Gasteiger partial charge in [0.1, 0.15) is 16.4 Å². The zero-order valence-corrected chi connectivity index (χ0v) is 13.7. The predicted molar refractivity (Wildman–Crippen MR) is 83.3 cm³/mol. The lowest BCUT2D eigenvalue weighted by atomic mass is 10.3. The summed E-state index contributed by atoms with van der Waals surface area (Å²) in [4.78, 5) is 4.73. The minimum absolute atomic E-state index is 0.169. The maximum atomic E-state index is 12.9. The first kappa shape index (κ1) is 14.4. The molecule has 3 aromatic rings. The molecule has 0 fully saturated rings. The summed E-state index contributed by atoms with van der Waals surface area (Å²) in [5.41, 5.74) is 2.32. The van der Waals surface area contributed by atoms with Gasteiger partial charge in [0.25, 0.3) is 0 Å². The molecule has 0 N–H and O–H groups in total. The standard InChI is InChI=1S/C15H16N4O3S/c1-10-15(11(2)22-17-10)23(20,21)18-7-8-19-13-6-4-3-5-12(13)16-14(19)9-18/h3-6H,7-9H2,1-2H3. The van der Waals surface area contributed by atoms with E-state index >= 15 is 0 Å². The smallest absolute Gasteiger partial charge is 0.248 e. The molecule has 0 aliphatic carbocycles. The minimum atomic E-state index is -3.64. The number of aromatic nitrogens is 3. The van der Waals surface area contributed by atoms with E-state index in [0.29, 0.717) is 24.5 Å². The number of imidazole rings is 1. The summed E-state index contributed by atoms with van der Waals surface area (Å²) in [5, 5.41) is 3.75. The van der Waals surface area contributed by atoms with E-state index in [1.807, 2.05) is 24.3 Å². The molecule has 0 amide bonds. The minimum Gasteiger partial charge on any atom is -0.360 e. The van der Waals surface area contributed by atoms with Crippen LogP contribution in [0.5, 0.6) is 0 Å². The highest BCUT2D eigenvalue weighted by Crippen LogP contribution is 2.28. The molecule has 7 nitrogen and oxygen atoms in total. The van der Waals surface area contributed by atoms with Gasteiger partial charge in [-0.15, -0.1) is 0 Å². The van der Waals surface area contributed by atoms with Gasteiger partial charge in [-0.25, -0.2) is 13.4 Å². The average Bonchev–Trinajstić information content (AvgIpc) is 3.06. The lowest BCUT2D eigenvalue weighted by molar-refractivity contribution is 0.337. The maximum Gasteiger partial charge on any atom is 0.248 e. The van der Waals surface area contributed by atoms with Crippen molar-refractivity contribution in [2.24, 2.45) is 0 Å². The fourth-order valence-corrected chi connectivity index (χ4v) is 4.80. The molecule has 4 rings (SSSR count). The largest absolute Gasteiger partial charge is 0.360 e. The lowest BCUT2D eigenvalue weighted by Gasteiger charge is -2.27. The van der Waals surface area contributed by atoms with E-state index in [0.717, 1.165) is 16.9 Å². The number of para-hydroxylation sites is 2. The number of nitrogens with zero attached hydrogens (tertiary/aromatic N) is 4. The van der Waals surface area contributed by atoms with Crippen LogP contribution in [0, 0.1) is 13.8 Å². The molecule has 0 atom stereocenters. The molecule has 0 radical (unpaired) electrons. The van der Waals surface area contributed by atoms with Gasteiger partial charge in [0, 0.05) is 13.1 Å². The van der Waals surface area contributed by atoms with E-state index in [9.17, 15) is 8.42 Å². The van der Waals surface area contributed by atoms with E-state index < -0.39 is 10.0 Å². The van der Waals surface area contributed by atoms with Crippen molar-refractivity contribution >= 4 is 21.1 Å². The highest BCUT2D eigenvalue weighted by molar-refractivity contribution is 7.89. The van der Waals surface area contributed by atoms with Crippen LogP contribution in [0.4, 0.5) is 0 Å². The van der Waals surface area contributed by atoms with E-state index in [-0.39, 0.29) is 11.4 Å². The third-order valence-corrected chi connectivity index (χ3v) is 6.28. The Morgan fingerprint density at radius 2 is 1.96 bits per heavy atom. The lowest BCUT2D eigenvalue weighted by Crippen LogP contribution is -2.38. The number of benzene rings is 1. The Bertz CT molecular complexity index is 984. The topological polar surface area (TPSA) is 81.2 Å². The van der Waals surface area contributed by atoms with Gasteiger partial charge in [-0.1, -0.05) is 17.3 Å². The molecule has 3 heterocycles. The van der Waals surface area contributed by atoms with Crippen molar-refractivity contribution in [3.8, 4) is 0 Å². The Balaban J connectivity index is 1.76. The van der Waals surface area contributed by atoms with Crippen LogP contribution >= 0.6 is 0 Å². The van der Waals surface area contributed by atoms with E-state index in [2.05, 4.69) is 14.7 Å². The second-order valence-corrected chi connectivity index (χ2v) is 7.54. The Morgan fingerprint density at radius 1 is 1.17 bits per heavy atom. The van der Waals surface area contributed by atoms with Crippen molar-refractivity contribution in [3.05, 3.63) is 41.5 Å². The van der Waals surface area contributed by atoms with Crippen LogP contribution in [0.15, 0.2) is 33.7 Å². The Labute approximate surface area is 133 Å². The van der Waals surface area contributed by atoms with Crippen molar-refractivity contribution in [2.75, 3.05) is 6.54 Å². The summed E-state index contributed by atoms with van der Waals surface area (Å²) >= 11 is 0. The third kappa shape index (κ3) is 2.09. The quantitative estimate of drug-likeness (QED) is 0.715. The first-order chi connectivity index (χ1) is 11.0. The number of rotatable bonds is 2. The molecule has 2 aromatic heterocycles. The highest BCUT2D eigenvalue weighted by atomic mass is 32.2. The number of hydrogen-bond acceptors (Lipinski definition) is 5. The molecule has 8 heteroatoms. The van der Waals surface area contributed by atoms with Gasteiger partial charge in [0.05, 0.1) is 17.6 Å². The first-order valence-corrected chi connectivity index (χ1v) is 8.79. The Kier molecular flexibility index (Phi) is 3.07. The normalized spacial score (nSPS) is 15.9. The predicted octanol–water partition coefficient (Wildman–Crippen LogP) is 1.85. The molecule has 0 saturated heterocycles. The van der Waals surface area contributed by atoms with Crippen molar-refractivity contribution in [1.82, 2.24) is 19.0 Å². The van der Waals surface area contributed by atoms with E-state index in [1.54, 1.807) is 13.8 Å². The second kappa shape index (κ2) is 4.90. The summed E-state index contributed by atoms with van der Waals surface area (Å²) in [5.74, 6) is 1.08. The zero-order chi connectivity index (χ0) is 16.2. The van der Waals surface area contributed by atoms with Crippen molar-refractivity contribution in [1.29, 1.82) is 0 Å². The van der Waals surface area contributed by atoms with Gasteiger partial charge in [0.15, 0.2) is 5.76 Å². The second-order valence-electron chi connectivity index (χ2n) is 5.66. The van der Waals surface area contributed by atoms with Crippen LogP contribution < -0.4 is 0 Å². The molecular formula is C15H16N4O3S. The van der Waals surface area contributed by atoms with Gasteiger partial charge in [-0.3, -0.25) is 0 Å². The fourth-order valence-electron chi connectivity index (χ4n) is 3.12. The van der Waals surface area contributed by atoms with Crippen LogP contribution in [0.1, 0.15) is 17.3 Å². The molecular weight excluding hydrogens is 316 g/mol. The highest BCUT2D eigenvalue weighted by Gasteiger charge is 2.34. The zero-order valence-electron chi connectivity index (χ0n) is 12.9. The van der Waals surface area contributed by atoms with E-state index in [4.69, 9.17) is 4.52 Å². The van der Waals surface area contributed by atoms with Crippen molar-refractivity contribution in [2.45, 2.75) is 31.8 Å². The van der Waals surface area contributed by atoms with Crippen LogP contribution in [0.25, 0.3) is 11.0 Å². The third-order valence-electron chi connectivity index (χ3n) is 4.19. The average molecular weight is 332 g/mol. The molecule has 120 valence electrons. The summed E-state index contributed by atoms with van der Waals surface area (Å²) in [7, 11) is -3.64. The SMILES string of the molecule is Cc1noc(C)c1S(=O)(=O)N1CCn2c(nc3ccccc32)C1. The number of fused-ring (bicyclic) bond motifs is 3. The number of aryl methyl sites for hydroxylation is 2. The molecule has 23 heavy (non-hydrogen) atoms. The molecule has 1 aromatic carbocycles. The van der Waals surface area contributed by atoms with Gasteiger partial charge in [-0.05, 0) is 26.0 Å². The van der Waals surface area contributed by atoms with Gasteiger partial charge in [0.2, 0.25) is 10.0 Å². The molecule has 0 bridgehead atoms. The Hall–Kier alpha value is -2.19. The van der Waals surface area contributed by atoms with Gasteiger partial charge >= 0.3 is 0 Å². The molecule has 0 unspecified atom stereocenters. The summed E-state index contributed by atoms with van der Waals surface area (Å²) in [6, 6.07) is 7.84. The summed E-state index contributed by atoms with van der Waals surface area (Å²) < 4.78 is 34.3. The monoisotopic (exact) mass is 332 g/mol. The molecule has 0 saturated carbocycles. The number of sulfonamides is 1. The van der Waals surface area contributed by atoms with Gasteiger partial charge < -0.3 is 9.09 Å². The molecule has 1 aliphatic rings. The first-order valence-electron chi connectivity index (χ1n) is 7.35. The maximum absolute atomic E-state index is 12.9.